The van der Waals surface area contributed by atoms with Gasteiger partial charge in [0.2, 0.25) is 0 Å². The first kappa shape index (κ1) is 27.3. The van der Waals surface area contributed by atoms with Crippen molar-refractivity contribution in [1.29, 1.82) is 5.26 Å². The fourth-order valence-corrected chi connectivity index (χ4v) is 3.11. The number of aryl methyl sites for hydroxylation is 2. The van der Waals surface area contributed by atoms with Gasteiger partial charge in [0.15, 0.2) is 0 Å². The van der Waals surface area contributed by atoms with E-state index in [9.17, 15) is 8.78 Å². The Hall–Kier alpha value is -3.99. The second kappa shape index (κ2) is 13.0. The minimum absolute atomic E-state index is 0. The van der Waals surface area contributed by atoms with E-state index in [1.165, 1.54) is 0 Å². The molecule has 2 aromatic carbocycles. The van der Waals surface area contributed by atoms with Crippen LogP contribution in [0.25, 0.3) is 34.0 Å². The second-order valence-electron chi connectivity index (χ2n) is 6.93. The van der Waals surface area contributed by atoms with Gasteiger partial charge < -0.3 is 26.0 Å². The first-order chi connectivity index (χ1) is 16.5. The Labute approximate surface area is 215 Å². The standard InChI is InChI=1S/C14H11F2N4.C11H8N.CN.Ir/c1-19-5-3-17-13(19)9-7-10(12(16)8-11(9)15)14-18-4-6-20(14)2;1-2-6-10(7-3-1)11-8-4-5-9-12-11;1-2;/h3-6,8H,1-2H3;1-6,8-9H;;/q3*-1;+3. The van der Waals surface area contributed by atoms with E-state index >= 15 is 0 Å². The molecule has 0 N–H and O–H groups in total. The van der Waals surface area contributed by atoms with Crippen molar-refractivity contribution in [3.63, 3.8) is 0 Å². The van der Waals surface area contributed by atoms with Crippen LogP contribution in [0, 0.1) is 35.6 Å². The maximum Gasteiger partial charge on any atom is 3.00 e. The van der Waals surface area contributed by atoms with Crippen LogP contribution in [0.2, 0.25) is 0 Å². The number of benzene rings is 2. The van der Waals surface area contributed by atoms with Gasteiger partial charge in [-0.05, 0) is 22.9 Å². The van der Waals surface area contributed by atoms with Crippen molar-refractivity contribution in [2.45, 2.75) is 0 Å². The number of imidazole rings is 2. The Kier molecular flexibility index (Phi) is 10.2. The van der Waals surface area contributed by atoms with E-state index in [1.807, 2.05) is 42.5 Å². The van der Waals surface area contributed by atoms with Crippen LogP contribution in [-0.4, -0.2) is 24.1 Å². The molecule has 0 aliphatic rings. The topological polar surface area (TPSA) is 72.3 Å². The summed E-state index contributed by atoms with van der Waals surface area (Å²) in [4.78, 5) is 12.3. The molecule has 0 radical (unpaired) electrons. The molecule has 0 saturated carbocycles. The largest absolute Gasteiger partial charge is 3.00 e. The third-order valence-electron chi connectivity index (χ3n) is 4.72. The zero-order valence-corrected chi connectivity index (χ0v) is 21.2. The smallest absolute Gasteiger partial charge is 0.512 e. The molecular formula is C26H19F2IrN6. The zero-order valence-electron chi connectivity index (χ0n) is 18.8. The predicted molar refractivity (Wildman–Crippen MR) is 123 cm³/mol. The van der Waals surface area contributed by atoms with Gasteiger partial charge in [-0.25, -0.2) is 0 Å². The summed E-state index contributed by atoms with van der Waals surface area (Å²) in [6.45, 7) is 4.75. The quantitative estimate of drug-likeness (QED) is 0.253. The zero-order chi connectivity index (χ0) is 24.5. The van der Waals surface area contributed by atoms with Crippen molar-refractivity contribution in [3.8, 4) is 34.0 Å². The summed E-state index contributed by atoms with van der Waals surface area (Å²) in [5.74, 6) is -0.625. The van der Waals surface area contributed by atoms with Crippen LogP contribution in [0.15, 0.2) is 79.5 Å². The third kappa shape index (κ3) is 6.54. The van der Waals surface area contributed by atoms with Gasteiger partial charge in [0.05, 0.1) is 23.3 Å². The van der Waals surface area contributed by atoms with E-state index in [0.29, 0.717) is 11.6 Å². The fourth-order valence-electron chi connectivity index (χ4n) is 3.11. The third-order valence-corrected chi connectivity index (χ3v) is 4.72. The summed E-state index contributed by atoms with van der Waals surface area (Å²) in [7, 11) is 3.47. The Morgan fingerprint density at radius 2 is 1.37 bits per heavy atom. The molecule has 35 heavy (non-hydrogen) atoms. The maximum atomic E-state index is 14.0. The molecule has 6 nitrogen and oxygen atoms in total. The number of halogens is 2. The van der Waals surface area contributed by atoms with E-state index in [-0.39, 0.29) is 31.2 Å². The van der Waals surface area contributed by atoms with E-state index in [4.69, 9.17) is 11.8 Å². The fraction of sp³-hybridized carbons (Fsp3) is 0.0769. The van der Waals surface area contributed by atoms with E-state index in [1.54, 1.807) is 54.2 Å². The molecule has 0 fully saturated rings. The van der Waals surface area contributed by atoms with Crippen molar-refractivity contribution in [2.75, 3.05) is 0 Å². The molecule has 0 unspecified atom stereocenters. The number of aromatic nitrogens is 5. The second-order valence-corrected chi connectivity index (χ2v) is 6.93. The van der Waals surface area contributed by atoms with Crippen LogP contribution >= 0.6 is 0 Å². The number of nitrogens with zero attached hydrogens (tertiary/aromatic N) is 6. The van der Waals surface area contributed by atoms with Crippen LogP contribution in [0.5, 0.6) is 0 Å². The van der Waals surface area contributed by atoms with Gasteiger partial charge in [0.25, 0.3) is 0 Å². The number of rotatable bonds is 3. The van der Waals surface area contributed by atoms with Gasteiger partial charge in [-0.1, -0.05) is 18.2 Å². The first-order valence-corrected chi connectivity index (χ1v) is 10.0. The Bertz CT molecular complexity index is 1270. The van der Waals surface area contributed by atoms with Crippen molar-refractivity contribution >= 4 is 0 Å². The average molecular weight is 646 g/mol. The molecule has 176 valence electrons. The molecule has 0 atom stereocenters. The maximum absolute atomic E-state index is 14.0. The van der Waals surface area contributed by atoms with Gasteiger partial charge >= 0.3 is 20.1 Å². The molecule has 0 aliphatic carbocycles. The Morgan fingerprint density at radius 3 is 1.80 bits per heavy atom. The minimum Gasteiger partial charge on any atom is -0.512 e. The number of pyridine rings is 1. The van der Waals surface area contributed by atoms with Crippen LogP contribution in [0.3, 0.4) is 0 Å². The van der Waals surface area contributed by atoms with Gasteiger partial charge in [0.1, 0.15) is 0 Å². The molecule has 5 aromatic rings. The van der Waals surface area contributed by atoms with Crippen molar-refractivity contribution in [2.24, 2.45) is 14.1 Å². The summed E-state index contributed by atoms with van der Waals surface area (Å²) in [6, 6.07) is 20.4. The molecule has 9 heteroatoms. The predicted octanol–water partition coefficient (Wildman–Crippen LogP) is 5.21. The molecule has 0 bridgehead atoms. The van der Waals surface area contributed by atoms with Gasteiger partial charge in [0, 0.05) is 45.1 Å². The van der Waals surface area contributed by atoms with Crippen molar-refractivity contribution in [1.82, 2.24) is 24.1 Å². The molecule has 0 aliphatic heterocycles. The van der Waals surface area contributed by atoms with Crippen LogP contribution < -0.4 is 0 Å². The van der Waals surface area contributed by atoms with Crippen LogP contribution in [0.4, 0.5) is 8.78 Å². The molecule has 5 rings (SSSR count). The van der Waals surface area contributed by atoms with Gasteiger partial charge in [-0.3, -0.25) is 18.7 Å². The van der Waals surface area contributed by atoms with Crippen molar-refractivity contribution < 1.29 is 28.9 Å². The van der Waals surface area contributed by atoms with E-state index < -0.39 is 11.6 Å². The first-order valence-electron chi connectivity index (χ1n) is 10.0. The summed E-state index contributed by atoms with van der Waals surface area (Å²) in [5.41, 5.74) is 2.25. The van der Waals surface area contributed by atoms with Crippen molar-refractivity contribution in [3.05, 3.63) is 110 Å². The van der Waals surface area contributed by atoms with Crippen LogP contribution in [-0.2, 0) is 34.2 Å². The normalized spacial score (nSPS) is 9.66. The number of hydrogen-bond acceptors (Lipinski definition) is 4. The Morgan fingerprint density at radius 1 is 0.800 bits per heavy atom. The summed E-state index contributed by atoms with van der Waals surface area (Å²) >= 11 is 0. The summed E-state index contributed by atoms with van der Waals surface area (Å²) in [6.07, 6.45) is 8.26. The van der Waals surface area contributed by atoms with Gasteiger partial charge in [-0.2, -0.15) is 0 Å². The molecule has 3 heterocycles. The van der Waals surface area contributed by atoms with Gasteiger partial charge in [-0.15, -0.1) is 42.0 Å². The summed E-state index contributed by atoms with van der Waals surface area (Å²) < 4.78 is 31.2. The monoisotopic (exact) mass is 646 g/mol. The number of hydrogen-bond donors (Lipinski definition) is 0. The van der Waals surface area contributed by atoms with E-state index in [2.05, 4.69) is 27.1 Å². The van der Waals surface area contributed by atoms with Crippen LogP contribution in [0.1, 0.15) is 0 Å². The molecule has 0 amide bonds. The minimum atomic E-state index is -0.699. The SMILES string of the molecule is Cn1ccnc1-c1[c-]c(-c2nccn2C)c(F)cc1F.[C-]#N.[Ir+3].[c-]1ccccc1-c1ccccn1. The summed E-state index contributed by atoms with van der Waals surface area (Å²) in [5, 5.41) is 6.25. The molecule has 3 aromatic heterocycles. The molecular weight excluding hydrogens is 627 g/mol. The Balaban J connectivity index is 0.000000247. The van der Waals surface area contributed by atoms with E-state index in [0.717, 1.165) is 17.3 Å². The molecule has 0 saturated heterocycles. The molecule has 0 spiro atoms. The average Bonchev–Trinajstić information content (AvgIpc) is 3.50.